The Morgan fingerprint density at radius 2 is 1.83 bits per heavy atom. The summed E-state index contributed by atoms with van der Waals surface area (Å²) in [5, 5.41) is 4.04. The Bertz CT molecular complexity index is 691. The average Bonchev–Trinajstić information content (AvgIpc) is 2.82. The van der Waals surface area contributed by atoms with Crippen molar-refractivity contribution in [1.82, 2.24) is 15.8 Å². The van der Waals surface area contributed by atoms with Crippen LogP contribution in [0.15, 0.2) is 30.5 Å². The van der Waals surface area contributed by atoms with Crippen molar-refractivity contribution < 1.29 is 13.2 Å². The van der Waals surface area contributed by atoms with E-state index in [0.717, 1.165) is 24.4 Å². The summed E-state index contributed by atoms with van der Waals surface area (Å²) >= 11 is 0. The SMILES string of the molecule is CC1NNC(C)C1CNc1ccnc2cc(C(F)(F)F)ccc12. The first-order chi connectivity index (χ1) is 10.9. The third-order valence-electron chi connectivity index (χ3n) is 4.42. The third kappa shape index (κ3) is 3.25. The summed E-state index contributed by atoms with van der Waals surface area (Å²) in [6, 6.07) is 6.10. The van der Waals surface area contributed by atoms with Crippen LogP contribution in [0.1, 0.15) is 19.4 Å². The van der Waals surface area contributed by atoms with Crippen molar-refractivity contribution in [1.29, 1.82) is 0 Å². The van der Waals surface area contributed by atoms with Crippen molar-refractivity contribution in [2.75, 3.05) is 11.9 Å². The number of hydrogen-bond acceptors (Lipinski definition) is 4. The van der Waals surface area contributed by atoms with E-state index in [1.54, 1.807) is 6.07 Å². The molecule has 0 aliphatic carbocycles. The van der Waals surface area contributed by atoms with Gasteiger partial charge in [-0.15, -0.1) is 0 Å². The highest BCUT2D eigenvalue weighted by Gasteiger charge is 2.31. The quantitative estimate of drug-likeness (QED) is 0.812. The second kappa shape index (κ2) is 5.98. The molecule has 0 bridgehead atoms. The molecule has 1 fully saturated rings. The number of nitrogens with zero attached hydrogens (tertiary/aromatic N) is 1. The van der Waals surface area contributed by atoms with Crippen molar-refractivity contribution in [3.05, 3.63) is 36.0 Å². The first-order valence-corrected chi connectivity index (χ1v) is 7.57. The molecule has 1 aliphatic heterocycles. The van der Waals surface area contributed by atoms with Gasteiger partial charge in [-0.2, -0.15) is 13.2 Å². The Morgan fingerprint density at radius 3 is 2.48 bits per heavy atom. The van der Waals surface area contributed by atoms with E-state index < -0.39 is 11.7 Å². The Hall–Kier alpha value is -1.86. The zero-order chi connectivity index (χ0) is 16.6. The van der Waals surface area contributed by atoms with Gasteiger partial charge >= 0.3 is 6.18 Å². The minimum Gasteiger partial charge on any atom is -0.384 e. The van der Waals surface area contributed by atoms with Crippen LogP contribution >= 0.6 is 0 Å². The van der Waals surface area contributed by atoms with Gasteiger partial charge in [-0.25, -0.2) is 0 Å². The lowest BCUT2D eigenvalue weighted by molar-refractivity contribution is -0.137. The van der Waals surface area contributed by atoms with E-state index in [1.807, 2.05) is 0 Å². The van der Waals surface area contributed by atoms with Gasteiger partial charge in [0.25, 0.3) is 0 Å². The zero-order valence-corrected chi connectivity index (χ0v) is 12.9. The standard InChI is InChI=1S/C16H19F3N4/c1-9-13(10(2)23-22-9)8-21-14-5-6-20-15-7-11(16(17,18)19)3-4-12(14)15/h3-7,9-10,13,22-23H,8H2,1-2H3,(H,20,21). The number of benzene rings is 1. The van der Waals surface area contributed by atoms with Crippen molar-refractivity contribution >= 4 is 16.6 Å². The molecule has 7 heteroatoms. The fourth-order valence-corrected chi connectivity index (χ4v) is 2.97. The molecule has 3 N–H and O–H groups in total. The van der Waals surface area contributed by atoms with Crippen LogP contribution in [0.2, 0.25) is 0 Å². The summed E-state index contributed by atoms with van der Waals surface area (Å²) in [4.78, 5) is 4.06. The van der Waals surface area contributed by atoms with Crippen LogP contribution in [-0.2, 0) is 6.18 Å². The van der Waals surface area contributed by atoms with E-state index in [4.69, 9.17) is 0 Å². The van der Waals surface area contributed by atoms with Gasteiger partial charge in [-0.1, -0.05) is 6.07 Å². The minimum absolute atomic E-state index is 0.322. The van der Waals surface area contributed by atoms with E-state index in [-0.39, 0.29) is 0 Å². The highest BCUT2D eigenvalue weighted by molar-refractivity contribution is 5.91. The number of anilines is 1. The van der Waals surface area contributed by atoms with Crippen LogP contribution < -0.4 is 16.2 Å². The van der Waals surface area contributed by atoms with Gasteiger partial charge < -0.3 is 5.32 Å². The van der Waals surface area contributed by atoms with E-state index in [2.05, 4.69) is 35.0 Å². The predicted molar refractivity (Wildman–Crippen MR) is 83.9 cm³/mol. The third-order valence-corrected chi connectivity index (χ3v) is 4.42. The van der Waals surface area contributed by atoms with Gasteiger partial charge in [-0.05, 0) is 32.0 Å². The summed E-state index contributed by atoms with van der Waals surface area (Å²) in [6.07, 6.45) is -2.83. The molecule has 1 saturated heterocycles. The average molecular weight is 324 g/mol. The van der Waals surface area contributed by atoms with Crippen LogP contribution in [0.5, 0.6) is 0 Å². The lowest BCUT2D eigenvalue weighted by atomic mass is 9.96. The molecule has 3 rings (SSSR count). The number of hydrazine groups is 1. The lowest BCUT2D eigenvalue weighted by Crippen LogP contribution is -2.30. The maximum absolute atomic E-state index is 12.8. The number of hydrogen-bond donors (Lipinski definition) is 3. The monoisotopic (exact) mass is 324 g/mol. The van der Waals surface area contributed by atoms with Crippen molar-refractivity contribution in [3.63, 3.8) is 0 Å². The molecule has 2 atom stereocenters. The van der Waals surface area contributed by atoms with Gasteiger partial charge in [-0.3, -0.25) is 15.8 Å². The predicted octanol–water partition coefficient (Wildman–Crippen LogP) is 3.17. The Morgan fingerprint density at radius 1 is 1.13 bits per heavy atom. The van der Waals surface area contributed by atoms with Crippen molar-refractivity contribution in [3.8, 4) is 0 Å². The smallest absolute Gasteiger partial charge is 0.384 e. The molecule has 0 amide bonds. The molecular weight excluding hydrogens is 305 g/mol. The molecule has 23 heavy (non-hydrogen) atoms. The second-order valence-corrected chi connectivity index (χ2v) is 6.00. The summed E-state index contributed by atoms with van der Waals surface area (Å²) in [5.41, 5.74) is 6.84. The first kappa shape index (κ1) is 16.0. The molecular formula is C16H19F3N4. The molecule has 2 aromatic rings. The summed E-state index contributed by atoms with van der Waals surface area (Å²) < 4.78 is 38.4. The fourth-order valence-electron chi connectivity index (χ4n) is 2.97. The molecule has 1 aliphatic rings. The molecule has 1 aromatic carbocycles. The molecule has 2 unspecified atom stereocenters. The van der Waals surface area contributed by atoms with Crippen molar-refractivity contribution in [2.24, 2.45) is 5.92 Å². The maximum Gasteiger partial charge on any atom is 0.416 e. The highest BCUT2D eigenvalue weighted by Crippen LogP contribution is 2.32. The van der Waals surface area contributed by atoms with Crippen LogP contribution in [0.25, 0.3) is 10.9 Å². The van der Waals surface area contributed by atoms with Gasteiger partial charge in [0.05, 0.1) is 11.1 Å². The van der Waals surface area contributed by atoms with Gasteiger partial charge in [0.1, 0.15) is 0 Å². The van der Waals surface area contributed by atoms with Gasteiger partial charge in [0.2, 0.25) is 0 Å². The number of alkyl halides is 3. The molecule has 1 aromatic heterocycles. The van der Waals surface area contributed by atoms with Crippen LogP contribution in [0.3, 0.4) is 0 Å². The van der Waals surface area contributed by atoms with Crippen LogP contribution in [0.4, 0.5) is 18.9 Å². The molecule has 0 radical (unpaired) electrons. The van der Waals surface area contributed by atoms with Crippen LogP contribution in [-0.4, -0.2) is 23.6 Å². The maximum atomic E-state index is 12.8. The summed E-state index contributed by atoms with van der Waals surface area (Å²) in [5.74, 6) is 0.382. The van der Waals surface area contributed by atoms with E-state index in [9.17, 15) is 13.2 Å². The molecule has 0 saturated carbocycles. The summed E-state index contributed by atoms with van der Waals surface area (Å²) in [6.45, 7) is 4.93. The zero-order valence-electron chi connectivity index (χ0n) is 12.9. The number of fused-ring (bicyclic) bond motifs is 1. The Labute approximate surface area is 132 Å². The number of nitrogens with one attached hydrogen (secondary N) is 3. The highest BCUT2D eigenvalue weighted by atomic mass is 19.4. The van der Waals surface area contributed by atoms with E-state index >= 15 is 0 Å². The lowest BCUT2D eigenvalue weighted by Gasteiger charge is -2.20. The largest absolute Gasteiger partial charge is 0.416 e. The molecule has 0 spiro atoms. The second-order valence-electron chi connectivity index (χ2n) is 6.00. The van der Waals surface area contributed by atoms with E-state index in [1.165, 1.54) is 12.3 Å². The molecule has 2 heterocycles. The Kier molecular flexibility index (Phi) is 4.16. The van der Waals surface area contributed by atoms with Gasteiger partial charge in [0, 0.05) is 41.8 Å². The number of rotatable bonds is 3. The molecule has 124 valence electrons. The fraction of sp³-hybridized carbons (Fsp3) is 0.438. The molecule has 4 nitrogen and oxygen atoms in total. The van der Waals surface area contributed by atoms with E-state index in [0.29, 0.717) is 28.9 Å². The van der Waals surface area contributed by atoms with Crippen molar-refractivity contribution in [2.45, 2.75) is 32.1 Å². The summed E-state index contributed by atoms with van der Waals surface area (Å²) in [7, 11) is 0. The topological polar surface area (TPSA) is 49.0 Å². The first-order valence-electron chi connectivity index (χ1n) is 7.57. The minimum atomic E-state index is -4.36. The van der Waals surface area contributed by atoms with Gasteiger partial charge in [0.15, 0.2) is 0 Å². The number of halogens is 3. The number of pyridine rings is 1. The Balaban J connectivity index is 1.84. The normalized spacial score (nSPS) is 25.0. The van der Waals surface area contributed by atoms with Crippen LogP contribution in [0, 0.1) is 5.92 Å². The number of aromatic nitrogens is 1.